The Morgan fingerprint density at radius 3 is 2.64 bits per heavy atom. The van der Waals surface area contributed by atoms with Crippen molar-refractivity contribution in [2.45, 2.75) is 18.3 Å². The highest BCUT2D eigenvalue weighted by atomic mass is 32.2. The summed E-state index contributed by atoms with van der Waals surface area (Å²) in [7, 11) is -3.57. The van der Waals surface area contributed by atoms with E-state index < -0.39 is 15.6 Å². The van der Waals surface area contributed by atoms with Crippen LogP contribution in [0.4, 0.5) is 0 Å². The number of hydrogen-bond donors (Lipinski definition) is 2. The van der Waals surface area contributed by atoms with Crippen molar-refractivity contribution in [1.82, 2.24) is 4.72 Å². The number of aliphatic hydroxyl groups is 1. The average molecular weight is 394 g/mol. The number of thiophene rings is 2. The van der Waals surface area contributed by atoms with E-state index >= 15 is 0 Å². The number of aryl methyl sites for hydroxylation is 1. The normalized spacial score (nSPS) is 14.3. The molecule has 1 atom stereocenters. The molecule has 1 unspecified atom stereocenters. The lowest BCUT2D eigenvalue weighted by molar-refractivity contribution is 0.0903. The van der Waals surface area contributed by atoms with E-state index in [0.29, 0.717) is 10.4 Å². The summed E-state index contributed by atoms with van der Waals surface area (Å²) in [5.41, 5.74) is 1.07. The number of sulfonamides is 1. The molecule has 3 aromatic rings. The first-order valence-corrected chi connectivity index (χ1v) is 11.2. The first kappa shape index (κ1) is 18.3. The monoisotopic (exact) mass is 393 g/mol. The molecule has 0 aliphatic rings. The van der Waals surface area contributed by atoms with E-state index in [9.17, 15) is 13.5 Å². The Morgan fingerprint density at radius 1 is 1.16 bits per heavy atom. The lowest BCUT2D eigenvalue weighted by atomic mass is 9.95. The van der Waals surface area contributed by atoms with Crippen LogP contribution in [0.2, 0.25) is 0 Å². The zero-order chi connectivity index (χ0) is 17.9. The molecule has 2 heterocycles. The molecule has 3 rings (SSSR count). The van der Waals surface area contributed by atoms with Gasteiger partial charge in [-0.2, -0.15) is 11.3 Å². The average Bonchev–Trinajstić information content (AvgIpc) is 3.26. The Labute approximate surface area is 155 Å². The Morgan fingerprint density at radius 2 is 2.00 bits per heavy atom. The summed E-state index contributed by atoms with van der Waals surface area (Å²) in [6, 6.07) is 12.9. The highest BCUT2D eigenvalue weighted by molar-refractivity contribution is 7.88. The van der Waals surface area contributed by atoms with Gasteiger partial charge in [0.1, 0.15) is 5.60 Å². The molecule has 2 N–H and O–H groups in total. The molecular weight excluding hydrogens is 374 g/mol. The highest BCUT2D eigenvalue weighted by Crippen LogP contribution is 2.33. The highest BCUT2D eigenvalue weighted by Gasteiger charge is 2.34. The zero-order valence-corrected chi connectivity index (χ0v) is 16.1. The van der Waals surface area contributed by atoms with Gasteiger partial charge in [0.05, 0.1) is 5.75 Å². The Kier molecular flexibility index (Phi) is 5.41. The van der Waals surface area contributed by atoms with Gasteiger partial charge in [0, 0.05) is 17.0 Å². The van der Waals surface area contributed by atoms with Crippen molar-refractivity contribution in [2.24, 2.45) is 0 Å². The molecule has 0 saturated heterocycles. The second-order valence-electron chi connectivity index (χ2n) is 5.92. The van der Waals surface area contributed by atoms with Crippen molar-refractivity contribution in [3.05, 3.63) is 80.2 Å². The van der Waals surface area contributed by atoms with Crippen molar-refractivity contribution in [3.8, 4) is 0 Å². The smallest absolute Gasteiger partial charge is 0.215 e. The summed E-state index contributed by atoms with van der Waals surface area (Å²) >= 11 is 2.87. The van der Waals surface area contributed by atoms with E-state index in [1.807, 2.05) is 59.5 Å². The van der Waals surface area contributed by atoms with E-state index in [4.69, 9.17) is 0 Å². The molecule has 0 bridgehead atoms. The third-order valence-electron chi connectivity index (χ3n) is 3.91. The maximum Gasteiger partial charge on any atom is 0.215 e. The van der Waals surface area contributed by atoms with E-state index in [2.05, 4.69) is 4.72 Å². The van der Waals surface area contributed by atoms with Crippen molar-refractivity contribution in [2.75, 3.05) is 6.54 Å². The topological polar surface area (TPSA) is 66.4 Å². The molecule has 25 heavy (non-hydrogen) atoms. The summed E-state index contributed by atoms with van der Waals surface area (Å²) in [5.74, 6) is -0.112. The maximum absolute atomic E-state index is 12.5. The number of rotatable bonds is 7. The minimum Gasteiger partial charge on any atom is -0.378 e. The lowest BCUT2D eigenvalue weighted by Gasteiger charge is -2.27. The molecule has 0 saturated carbocycles. The van der Waals surface area contributed by atoms with Gasteiger partial charge in [0.15, 0.2) is 0 Å². The quantitative estimate of drug-likeness (QED) is 0.646. The fourth-order valence-corrected chi connectivity index (χ4v) is 5.35. The molecule has 0 fully saturated rings. The minimum atomic E-state index is -3.57. The lowest BCUT2D eigenvalue weighted by Crippen LogP contribution is -2.41. The van der Waals surface area contributed by atoms with Gasteiger partial charge in [-0.05, 0) is 40.8 Å². The molecule has 2 aromatic heterocycles. The molecular formula is C18H19NO3S3. The summed E-state index contributed by atoms with van der Waals surface area (Å²) in [5, 5.41) is 16.8. The van der Waals surface area contributed by atoms with Crippen molar-refractivity contribution in [3.63, 3.8) is 0 Å². The Hall–Kier alpha value is -1.51. The van der Waals surface area contributed by atoms with Crippen molar-refractivity contribution in [1.29, 1.82) is 0 Å². The number of benzene rings is 1. The second-order valence-corrected chi connectivity index (χ2v) is 9.45. The van der Waals surface area contributed by atoms with Crippen molar-refractivity contribution >= 4 is 32.7 Å². The van der Waals surface area contributed by atoms with E-state index in [1.54, 1.807) is 6.07 Å². The minimum absolute atomic E-state index is 0.0988. The van der Waals surface area contributed by atoms with Gasteiger partial charge in [0.2, 0.25) is 10.0 Å². The van der Waals surface area contributed by atoms with Gasteiger partial charge in [-0.3, -0.25) is 0 Å². The standard InChI is InChI=1S/C18H19NO3S3/c1-14-4-2-5-15(10-14)12-25(21,22)19-13-18(20,16-7-9-23-11-16)17-6-3-8-24-17/h2-11,19-20H,12-13H2,1H3. The first-order chi connectivity index (χ1) is 11.9. The van der Waals surface area contributed by atoms with Crippen LogP contribution in [0.3, 0.4) is 0 Å². The van der Waals surface area contributed by atoms with Gasteiger partial charge >= 0.3 is 0 Å². The third-order valence-corrected chi connectivity index (χ3v) is 6.92. The van der Waals surface area contributed by atoms with Crippen LogP contribution in [0.5, 0.6) is 0 Å². The fourth-order valence-electron chi connectivity index (χ4n) is 2.63. The summed E-state index contributed by atoms with van der Waals surface area (Å²) in [6.07, 6.45) is 0. The van der Waals surface area contributed by atoms with Crippen LogP contribution < -0.4 is 4.72 Å². The molecule has 0 radical (unpaired) electrons. The van der Waals surface area contributed by atoms with Crippen LogP contribution in [0.25, 0.3) is 0 Å². The van der Waals surface area contributed by atoms with Gasteiger partial charge in [-0.15, -0.1) is 11.3 Å². The Balaban J connectivity index is 1.79. The van der Waals surface area contributed by atoms with Gasteiger partial charge < -0.3 is 5.11 Å². The molecule has 4 nitrogen and oxygen atoms in total. The van der Waals surface area contributed by atoms with Crippen LogP contribution in [-0.2, 0) is 21.4 Å². The molecule has 0 aliphatic heterocycles. The maximum atomic E-state index is 12.5. The third kappa shape index (κ3) is 4.37. The van der Waals surface area contributed by atoms with E-state index in [0.717, 1.165) is 11.1 Å². The first-order valence-electron chi connectivity index (χ1n) is 7.71. The molecule has 7 heteroatoms. The second kappa shape index (κ2) is 7.39. The summed E-state index contributed by atoms with van der Waals surface area (Å²) in [6.45, 7) is 1.83. The van der Waals surface area contributed by atoms with Crippen LogP contribution in [0, 0.1) is 6.92 Å². The molecule has 0 amide bonds. The predicted molar refractivity (Wildman–Crippen MR) is 103 cm³/mol. The van der Waals surface area contributed by atoms with Crippen LogP contribution in [0.15, 0.2) is 58.6 Å². The fraction of sp³-hybridized carbons (Fsp3) is 0.222. The molecule has 0 aliphatic carbocycles. The SMILES string of the molecule is Cc1cccc(CS(=O)(=O)NCC(O)(c2ccsc2)c2cccs2)c1. The van der Waals surface area contributed by atoms with Gasteiger partial charge in [0.25, 0.3) is 0 Å². The van der Waals surface area contributed by atoms with Crippen molar-refractivity contribution < 1.29 is 13.5 Å². The van der Waals surface area contributed by atoms with E-state index in [1.165, 1.54) is 22.7 Å². The molecule has 1 aromatic carbocycles. The molecule has 0 spiro atoms. The predicted octanol–water partition coefficient (Wildman–Crippen LogP) is 3.47. The van der Waals surface area contributed by atoms with Crippen LogP contribution in [-0.4, -0.2) is 20.1 Å². The number of nitrogens with one attached hydrogen (secondary N) is 1. The molecule has 132 valence electrons. The van der Waals surface area contributed by atoms with Gasteiger partial charge in [-0.25, -0.2) is 13.1 Å². The van der Waals surface area contributed by atoms with Crippen LogP contribution in [0.1, 0.15) is 21.6 Å². The summed E-state index contributed by atoms with van der Waals surface area (Å²) in [4.78, 5) is 0.712. The van der Waals surface area contributed by atoms with E-state index in [-0.39, 0.29) is 12.3 Å². The van der Waals surface area contributed by atoms with Gasteiger partial charge in [-0.1, -0.05) is 35.9 Å². The number of hydrogen-bond acceptors (Lipinski definition) is 5. The largest absolute Gasteiger partial charge is 0.378 e. The zero-order valence-electron chi connectivity index (χ0n) is 13.7. The van der Waals surface area contributed by atoms with Crippen LogP contribution >= 0.6 is 22.7 Å². The Bertz CT molecular complexity index is 882. The summed E-state index contributed by atoms with van der Waals surface area (Å²) < 4.78 is 27.5.